The quantitative estimate of drug-likeness (QED) is 0.228. The van der Waals surface area contributed by atoms with E-state index in [0.29, 0.717) is 48.2 Å². The van der Waals surface area contributed by atoms with Crippen LogP contribution in [0.25, 0.3) is 0 Å². The lowest BCUT2D eigenvalue weighted by Crippen LogP contribution is -2.31. The minimum Gasteiger partial charge on any atom is -0.445 e. The predicted molar refractivity (Wildman–Crippen MR) is 140 cm³/mol. The summed E-state index contributed by atoms with van der Waals surface area (Å²) in [5.74, 6) is -0.781. The van der Waals surface area contributed by atoms with Gasteiger partial charge in [-0.05, 0) is 51.7 Å². The molecule has 2 aromatic rings. The zero-order chi connectivity index (χ0) is 28.3. The molecule has 0 heterocycles. The van der Waals surface area contributed by atoms with E-state index in [1.165, 1.54) is 27.7 Å². The summed E-state index contributed by atoms with van der Waals surface area (Å²) in [6, 6.07) is 12.9. The highest BCUT2D eigenvalue weighted by atomic mass is 16.6. The van der Waals surface area contributed by atoms with Crippen molar-refractivity contribution in [2.45, 2.75) is 65.0 Å². The third-order valence-electron chi connectivity index (χ3n) is 5.43. The van der Waals surface area contributed by atoms with E-state index in [4.69, 9.17) is 9.47 Å². The van der Waals surface area contributed by atoms with Crippen molar-refractivity contribution in [2.24, 2.45) is 0 Å². The molecule has 2 rings (SSSR count). The summed E-state index contributed by atoms with van der Waals surface area (Å²) >= 11 is 0. The Hall–Kier alpha value is -3.76. The predicted octanol–water partition coefficient (Wildman–Crippen LogP) is 3.53. The van der Waals surface area contributed by atoms with E-state index in [-0.39, 0.29) is 13.2 Å². The molecule has 0 saturated heterocycles. The van der Waals surface area contributed by atoms with E-state index in [1.807, 2.05) is 0 Å². The number of aliphatic hydroxyl groups is 2. The number of carbonyl (C=O) groups excluding carboxylic acids is 4. The number of hydrogen-bond donors (Lipinski definition) is 4. The summed E-state index contributed by atoms with van der Waals surface area (Å²) in [4.78, 5) is 47.8. The molecular weight excluding hydrogens is 492 g/mol. The fraction of sp³-hybridized carbons (Fsp3) is 0.429. The Morgan fingerprint density at radius 1 is 0.632 bits per heavy atom. The summed E-state index contributed by atoms with van der Waals surface area (Å²) in [5.41, 5.74) is -0.758. The van der Waals surface area contributed by atoms with E-state index in [2.05, 4.69) is 10.6 Å². The van der Waals surface area contributed by atoms with E-state index < -0.39 is 35.0 Å². The van der Waals surface area contributed by atoms with Crippen molar-refractivity contribution in [2.75, 3.05) is 13.1 Å². The van der Waals surface area contributed by atoms with E-state index in [9.17, 15) is 29.4 Å². The van der Waals surface area contributed by atoms with Crippen molar-refractivity contribution < 1.29 is 38.9 Å². The lowest BCUT2D eigenvalue weighted by molar-refractivity contribution is 0.0487. The Kier molecular flexibility index (Phi) is 11.0. The van der Waals surface area contributed by atoms with Crippen LogP contribution in [-0.2, 0) is 22.7 Å². The maximum atomic E-state index is 12.0. The zero-order valence-electron chi connectivity index (χ0n) is 22.2. The van der Waals surface area contributed by atoms with Crippen molar-refractivity contribution in [3.63, 3.8) is 0 Å². The van der Waals surface area contributed by atoms with Gasteiger partial charge in [0.1, 0.15) is 24.4 Å². The normalized spacial score (nSPS) is 11.4. The van der Waals surface area contributed by atoms with E-state index >= 15 is 0 Å². The topological polar surface area (TPSA) is 151 Å². The van der Waals surface area contributed by atoms with Crippen molar-refractivity contribution in [1.29, 1.82) is 0 Å². The second-order valence-electron chi connectivity index (χ2n) is 9.88. The first kappa shape index (κ1) is 30.5. The van der Waals surface area contributed by atoms with Gasteiger partial charge >= 0.3 is 12.2 Å². The van der Waals surface area contributed by atoms with Crippen LogP contribution in [0.15, 0.2) is 48.5 Å². The van der Waals surface area contributed by atoms with Crippen LogP contribution in [0.5, 0.6) is 0 Å². The monoisotopic (exact) mass is 528 g/mol. The van der Waals surface area contributed by atoms with Gasteiger partial charge in [-0.3, -0.25) is 9.59 Å². The second-order valence-corrected chi connectivity index (χ2v) is 9.88. The minimum atomic E-state index is -1.45. The second kappa shape index (κ2) is 13.7. The Balaban J connectivity index is 1.56. The van der Waals surface area contributed by atoms with Gasteiger partial charge in [0.15, 0.2) is 11.6 Å². The summed E-state index contributed by atoms with van der Waals surface area (Å²) in [6.07, 6.45) is 0.0632. The molecule has 0 radical (unpaired) electrons. The maximum absolute atomic E-state index is 12.0. The molecule has 0 aliphatic heterocycles. The zero-order valence-corrected chi connectivity index (χ0v) is 22.2. The van der Waals surface area contributed by atoms with Crippen LogP contribution >= 0.6 is 0 Å². The van der Waals surface area contributed by atoms with Crippen molar-refractivity contribution >= 4 is 23.8 Å². The molecule has 0 atom stereocenters. The van der Waals surface area contributed by atoms with Gasteiger partial charge in [0.2, 0.25) is 0 Å². The standard InChI is InChI=1S/C28H36N2O8/c1-27(2,35)23(31)21-11-7-19(8-12-21)17-37-25(33)29-15-5-6-16-30-26(34)38-18-20-9-13-22(14-10-20)24(32)28(3,4)36/h7-14,35-36H,5-6,15-18H2,1-4H3,(H,29,33)(H,30,34). The average Bonchev–Trinajstić information content (AvgIpc) is 2.87. The van der Waals surface area contributed by atoms with Crippen LogP contribution in [0.2, 0.25) is 0 Å². The molecule has 206 valence electrons. The summed E-state index contributed by atoms with van der Waals surface area (Å²) in [5, 5.41) is 24.8. The number of carbonyl (C=O) groups is 4. The first-order valence-corrected chi connectivity index (χ1v) is 12.3. The average molecular weight is 529 g/mol. The maximum Gasteiger partial charge on any atom is 0.407 e. The molecule has 2 amide bonds. The van der Waals surface area contributed by atoms with Crippen LogP contribution in [0.1, 0.15) is 72.4 Å². The number of ether oxygens (including phenoxy) is 2. The third kappa shape index (κ3) is 10.3. The van der Waals surface area contributed by atoms with E-state index in [0.717, 1.165) is 0 Å². The Morgan fingerprint density at radius 3 is 1.24 bits per heavy atom. The molecule has 0 aromatic heterocycles. The number of amides is 2. The third-order valence-corrected chi connectivity index (χ3v) is 5.43. The molecule has 0 bridgehead atoms. The van der Waals surface area contributed by atoms with Crippen LogP contribution in [-0.4, -0.2) is 58.3 Å². The summed E-state index contributed by atoms with van der Waals surface area (Å²) < 4.78 is 10.3. The Bertz CT molecular complexity index is 1010. The number of nitrogens with one attached hydrogen (secondary N) is 2. The van der Waals surface area contributed by atoms with Gasteiger partial charge in [-0.25, -0.2) is 9.59 Å². The van der Waals surface area contributed by atoms with Crippen LogP contribution in [0.4, 0.5) is 9.59 Å². The Morgan fingerprint density at radius 2 is 0.947 bits per heavy atom. The van der Waals surface area contributed by atoms with Crippen molar-refractivity contribution in [3.05, 3.63) is 70.8 Å². The number of ketones is 2. The van der Waals surface area contributed by atoms with Gasteiger partial charge < -0.3 is 30.3 Å². The molecule has 4 N–H and O–H groups in total. The molecular formula is C28H36N2O8. The van der Waals surface area contributed by atoms with Gasteiger partial charge in [-0.1, -0.05) is 48.5 Å². The molecule has 0 saturated carbocycles. The van der Waals surface area contributed by atoms with Crippen molar-refractivity contribution in [1.82, 2.24) is 10.6 Å². The molecule has 10 heteroatoms. The largest absolute Gasteiger partial charge is 0.445 e. The number of alkyl carbamates (subject to hydrolysis) is 2. The molecule has 0 spiro atoms. The van der Waals surface area contributed by atoms with Crippen LogP contribution in [0, 0.1) is 0 Å². The number of unbranched alkanes of at least 4 members (excludes halogenated alkanes) is 1. The van der Waals surface area contributed by atoms with Gasteiger partial charge in [0, 0.05) is 24.2 Å². The van der Waals surface area contributed by atoms with Crippen LogP contribution in [0.3, 0.4) is 0 Å². The molecule has 0 aliphatic carbocycles. The molecule has 0 aliphatic rings. The highest BCUT2D eigenvalue weighted by Gasteiger charge is 2.25. The number of rotatable bonds is 13. The smallest absolute Gasteiger partial charge is 0.407 e. The molecule has 2 aromatic carbocycles. The summed E-state index contributed by atoms with van der Waals surface area (Å²) in [7, 11) is 0. The molecule has 10 nitrogen and oxygen atoms in total. The van der Waals surface area contributed by atoms with Gasteiger partial charge in [0.05, 0.1) is 0 Å². The van der Waals surface area contributed by atoms with Crippen molar-refractivity contribution in [3.8, 4) is 0 Å². The first-order chi connectivity index (χ1) is 17.8. The van der Waals surface area contributed by atoms with Gasteiger partial charge in [-0.15, -0.1) is 0 Å². The fourth-order valence-electron chi connectivity index (χ4n) is 3.24. The minimum absolute atomic E-state index is 0.0364. The van der Waals surface area contributed by atoms with E-state index in [1.54, 1.807) is 48.5 Å². The molecule has 0 fully saturated rings. The van der Waals surface area contributed by atoms with Gasteiger partial charge in [0.25, 0.3) is 0 Å². The number of Topliss-reactive ketones (excluding diaryl/α,β-unsaturated/α-hetero) is 2. The summed E-state index contributed by atoms with van der Waals surface area (Å²) in [6.45, 7) is 6.50. The first-order valence-electron chi connectivity index (χ1n) is 12.3. The highest BCUT2D eigenvalue weighted by molar-refractivity contribution is 6.02. The fourth-order valence-corrected chi connectivity index (χ4v) is 3.24. The SMILES string of the molecule is CC(C)(O)C(=O)c1ccc(COC(=O)NCCCCNC(=O)OCc2ccc(C(=O)C(C)(C)O)cc2)cc1. The number of hydrogen-bond acceptors (Lipinski definition) is 8. The molecule has 0 unspecified atom stereocenters. The lowest BCUT2D eigenvalue weighted by atomic mass is 9.96. The lowest BCUT2D eigenvalue weighted by Gasteiger charge is -2.15. The van der Waals surface area contributed by atoms with Crippen LogP contribution < -0.4 is 10.6 Å². The van der Waals surface area contributed by atoms with Gasteiger partial charge in [-0.2, -0.15) is 0 Å². The Labute approximate surface area is 222 Å². The molecule has 38 heavy (non-hydrogen) atoms. The number of benzene rings is 2. The highest BCUT2D eigenvalue weighted by Crippen LogP contribution is 2.15.